The van der Waals surface area contributed by atoms with Gasteiger partial charge in [0, 0.05) is 37.9 Å². The van der Waals surface area contributed by atoms with Gasteiger partial charge in [-0.1, -0.05) is 109 Å². The summed E-state index contributed by atoms with van der Waals surface area (Å²) in [5.41, 5.74) is 9.89. The van der Waals surface area contributed by atoms with E-state index in [1.807, 2.05) is 91.9 Å². The van der Waals surface area contributed by atoms with Gasteiger partial charge in [0.2, 0.25) is 0 Å². The van der Waals surface area contributed by atoms with Crippen LogP contribution in [0.5, 0.6) is 0 Å². The average Bonchev–Trinajstić information content (AvgIpc) is 3.83. The Morgan fingerprint density at radius 3 is 1.64 bits per heavy atom. The minimum absolute atomic E-state index is 0.475. The molecule has 232 valence electrons. The second kappa shape index (κ2) is 10.5. The van der Waals surface area contributed by atoms with Gasteiger partial charge in [0.05, 0.1) is 39.0 Å². The Hall–Kier alpha value is -7.08. The molecule has 7 aromatic carbocycles. The number of benzene rings is 7. The number of nitrogens with zero attached hydrogens (tertiary/aromatic N) is 4. The summed E-state index contributed by atoms with van der Waals surface area (Å²) in [5, 5.41) is 28.8. The first-order valence-electron chi connectivity index (χ1n) is 16.6. The zero-order valence-electron chi connectivity index (χ0n) is 27.0. The van der Waals surface area contributed by atoms with Crippen molar-refractivity contribution in [1.82, 2.24) is 9.13 Å². The molecule has 5 nitrogen and oxygen atoms in total. The third kappa shape index (κ3) is 3.64. The minimum atomic E-state index is 0.475. The first-order chi connectivity index (χ1) is 24.7. The largest absolute Gasteiger partial charge is 0.454 e. The van der Waals surface area contributed by atoms with Gasteiger partial charge in [0.15, 0.2) is 5.58 Å². The smallest absolute Gasteiger partial charge is 0.160 e. The zero-order chi connectivity index (χ0) is 33.5. The van der Waals surface area contributed by atoms with Crippen LogP contribution in [-0.2, 0) is 0 Å². The molecule has 0 N–H and O–H groups in total. The van der Waals surface area contributed by atoms with E-state index in [0.717, 1.165) is 76.7 Å². The van der Waals surface area contributed by atoms with E-state index in [1.165, 1.54) is 0 Å². The molecule has 50 heavy (non-hydrogen) atoms. The first kappa shape index (κ1) is 28.0. The van der Waals surface area contributed by atoms with Crippen LogP contribution < -0.4 is 0 Å². The summed E-state index contributed by atoms with van der Waals surface area (Å²) in [6.45, 7) is 1.97. The molecule has 0 fully saturated rings. The minimum Gasteiger partial charge on any atom is -0.454 e. The van der Waals surface area contributed by atoms with Gasteiger partial charge in [-0.15, -0.1) is 0 Å². The Labute approximate surface area is 286 Å². The monoisotopic (exact) mass is 638 g/mol. The van der Waals surface area contributed by atoms with Crippen LogP contribution in [0.1, 0.15) is 16.7 Å². The van der Waals surface area contributed by atoms with Crippen molar-refractivity contribution >= 4 is 65.6 Å². The Balaban J connectivity index is 1.50. The van der Waals surface area contributed by atoms with Gasteiger partial charge in [0.1, 0.15) is 23.3 Å². The van der Waals surface area contributed by atoms with Crippen LogP contribution in [0.15, 0.2) is 144 Å². The quantitative estimate of drug-likeness (QED) is 0.193. The number of hydrogen-bond acceptors (Lipinski definition) is 3. The predicted octanol–water partition coefficient (Wildman–Crippen LogP) is 11.5. The van der Waals surface area contributed by atoms with Crippen molar-refractivity contribution in [2.24, 2.45) is 0 Å². The van der Waals surface area contributed by atoms with Crippen LogP contribution in [-0.4, -0.2) is 9.13 Å². The lowest BCUT2D eigenvalue weighted by Gasteiger charge is -2.23. The van der Waals surface area contributed by atoms with E-state index in [9.17, 15) is 10.5 Å². The highest BCUT2D eigenvalue weighted by Gasteiger charge is 2.30. The molecule has 10 rings (SSSR count). The number of hydrogen-bond donors (Lipinski definition) is 0. The van der Waals surface area contributed by atoms with Crippen LogP contribution in [0.4, 0.5) is 0 Å². The number of nitriles is 2. The van der Waals surface area contributed by atoms with Crippen LogP contribution in [0.2, 0.25) is 0 Å². The first-order valence-corrected chi connectivity index (χ1v) is 16.6. The molecule has 0 atom stereocenters. The summed E-state index contributed by atoms with van der Waals surface area (Å²) < 4.78 is 11.0. The summed E-state index contributed by atoms with van der Waals surface area (Å²) in [6, 6.07) is 52.4. The van der Waals surface area contributed by atoms with Gasteiger partial charge in [-0.25, -0.2) is 0 Å². The molecule has 0 saturated carbocycles. The van der Waals surface area contributed by atoms with E-state index in [-0.39, 0.29) is 0 Å². The Morgan fingerprint density at radius 2 is 1.00 bits per heavy atom. The molecule has 0 spiro atoms. The van der Waals surface area contributed by atoms with E-state index in [0.29, 0.717) is 28.1 Å². The highest BCUT2D eigenvalue weighted by atomic mass is 16.3. The maximum Gasteiger partial charge on any atom is 0.160 e. The summed E-state index contributed by atoms with van der Waals surface area (Å²) in [7, 11) is 0. The second-order valence-corrected chi connectivity index (χ2v) is 12.7. The maximum absolute atomic E-state index is 11.5. The van der Waals surface area contributed by atoms with Crippen molar-refractivity contribution in [1.29, 1.82) is 10.5 Å². The van der Waals surface area contributed by atoms with Gasteiger partial charge >= 0.3 is 0 Å². The molecule has 0 aliphatic rings. The molecule has 5 heteroatoms. The lowest BCUT2D eigenvalue weighted by molar-refractivity contribution is 0.671. The van der Waals surface area contributed by atoms with E-state index in [2.05, 4.69) is 75.9 Å². The summed E-state index contributed by atoms with van der Waals surface area (Å²) in [5.74, 6) is 0. The number of para-hydroxylation sites is 4. The van der Waals surface area contributed by atoms with Gasteiger partial charge in [-0.3, -0.25) is 0 Å². The van der Waals surface area contributed by atoms with Crippen LogP contribution in [0.3, 0.4) is 0 Å². The van der Waals surface area contributed by atoms with E-state index in [1.54, 1.807) is 0 Å². The van der Waals surface area contributed by atoms with Crippen LogP contribution in [0.25, 0.3) is 88.1 Å². The molecule has 0 radical (unpaired) electrons. The molecule has 0 aliphatic carbocycles. The molecule has 3 heterocycles. The standard InChI is InChI=1S/C45H26N4O/c1-27-35(25-46)41(28-13-3-2-4-14-28)43(36(26-47)42(27)48-37-19-9-5-15-29(37)30-16-6-10-20-38(30)48)49-39-21-11-7-17-31(39)33-23-24-34-32-18-8-12-22-40(32)50-45(34)44(33)49/h2-24H,1H3. The predicted molar refractivity (Wildman–Crippen MR) is 202 cm³/mol. The van der Waals surface area contributed by atoms with E-state index >= 15 is 0 Å². The Kier molecular flexibility index (Phi) is 5.85. The highest BCUT2D eigenvalue weighted by Crippen LogP contribution is 2.47. The van der Waals surface area contributed by atoms with Gasteiger partial charge < -0.3 is 13.6 Å². The second-order valence-electron chi connectivity index (χ2n) is 12.7. The Bertz CT molecular complexity index is 3070. The van der Waals surface area contributed by atoms with Crippen molar-refractivity contribution < 1.29 is 4.42 Å². The van der Waals surface area contributed by atoms with Crippen LogP contribution >= 0.6 is 0 Å². The summed E-state index contributed by atoms with van der Waals surface area (Å²) >= 11 is 0. The van der Waals surface area contributed by atoms with Crippen molar-refractivity contribution in [3.05, 3.63) is 156 Å². The number of fused-ring (bicyclic) bond motifs is 10. The highest BCUT2D eigenvalue weighted by molar-refractivity contribution is 6.22. The molecule has 0 amide bonds. The van der Waals surface area contributed by atoms with Gasteiger partial charge in [0.25, 0.3) is 0 Å². The van der Waals surface area contributed by atoms with Crippen molar-refractivity contribution in [3.8, 4) is 34.6 Å². The fraction of sp³-hybridized carbons (Fsp3) is 0.0222. The molecule has 0 bridgehead atoms. The summed E-state index contributed by atoms with van der Waals surface area (Å²) in [4.78, 5) is 0. The number of furan rings is 1. The fourth-order valence-electron chi connectivity index (χ4n) is 8.11. The van der Waals surface area contributed by atoms with E-state index < -0.39 is 0 Å². The van der Waals surface area contributed by atoms with Gasteiger partial charge in [-0.2, -0.15) is 10.5 Å². The number of aromatic nitrogens is 2. The van der Waals surface area contributed by atoms with Crippen LogP contribution in [0, 0.1) is 29.6 Å². The molecule has 10 aromatic rings. The maximum atomic E-state index is 11.5. The zero-order valence-corrected chi connectivity index (χ0v) is 27.0. The fourth-order valence-corrected chi connectivity index (χ4v) is 8.11. The molecule has 0 aliphatic heterocycles. The summed E-state index contributed by atoms with van der Waals surface area (Å²) in [6.07, 6.45) is 0. The molecule has 3 aromatic heterocycles. The topological polar surface area (TPSA) is 70.6 Å². The number of rotatable bonds is 3. The van der Waals surface area contributed by atoms with Crippen molar-refractivity contribution in [3.63, 3.8) is 0 Å². The molecular formula is C45H26N4O. The van der Waals surface area contributed by atoms with Gasteiger partial charge in [-0.05, 0) is 48.4 Å². The molecular weight excluding hydrogens is 613 g/mol. The van der Waals surface area contributed by atoms with Crippen molar-refractivity contribution in [2.75, 3.05) is 0 Å². The third-order valence-corrected chi connectivity index (χ3v) is 10.2. The molecule has 0 saturated heterocycles. The molecule has 0 unspecified atom stereocenters. The normalized spacial score (nSPS) is 11.7. The van der Waals surface area contributed by atoms with E-state index in [4.69, 9.17) is 4.42 Å². The average molecular weight is 639 g/mol. The Morgan fingerprint density at radius 1 is 0.480 bits per heavy atom. The lowest BCUT2D eigenvalue weighted by atomic mass is 9.89. The lowest BCUT2D eigenvalue weighted by Crippen LogP contribution is -2.11. The third-order valence-electron chi connectivity index (χ3n) is 10.2. The van der Waals surface area contributed by atoms with Crippen molar-refractivity contribution in [2.45, 2.75) is 6.92 Å². The SMILES string of the molecule is Cc1c(C#N)c(-c2ccccc2)c(-n2c3ccccc3c3ccc4c5ccccc5oc4c32)c(C#N)c1-n1c2ccccc2c2ccccc21.